The number of rotatable bonds is 7. The summed E-state index contributed by atoms with van der Waals surface area (Å²) in [5.74, 6) is 2.46. The highest BCUT2D eigenvalue weighted by atomic mass is 16.5. The first-order valence-corrected chi connectivity index (χ1v) is 7.84. The van der Waals surface area contributed by atoms with Gasteiger partial charge in [-0.25, -0.2) is 0 Å². The Morgan fingerprint density at radius 1 is 0.741 bits per heavy atom. The lowest BCUT2D eigenvalue weighted by atomic mass is 10.5. The maximum Gasteiger partial charge on any atom is 0.259 e. The van der Waals surface area contributed by atoms with E-state index in [0.717, 1.165) is 5.69 Å². The zero-order valence-corrected chi connectivity index (χ0v) is 15.5. The molecular weight excluding hydrogens is 354 g/mol. The summed E-state index contributed by atoms with van der Waals surface area (Å²) < 4.78 is 22.2. The predicted octanol–water partition coefficient (Wildman–Crippen LogP) is 1.54. The molecule has 3 heterocycles. The third kappa shape index (κ3) is 3.97. The molecule has 0 unspecified atom stereocenters. The molecule has 11 heteroatoms. The summed E-state index contributed by atoms with van der Waals surface area (Å²) >= 11 is 0. The largest absolute Gasteiger partial charge is 0.481 e. The Morgan fingerprint density at radius 3 is 1.70 bits per heavy atom. The highest BCUT2D eigenvalue weighted by Gasteiger charge is 2.15. The van der Waals surface area contributed by atoms with Crippen LogP contribution in [0.2, 0.25) is 0 Å². The highest BCUT2D eigenvalue weighted by Crippen LogP contribution is 2.24. The second-order valence-electron chi connectivity index (χ2n) is 5.24. The van der Waals surface area contributed by atoms with Crippen molar-refractivity contribution in [1.29, 1.82) is 0 Å². The minimum absolute atomic E-state index is 0.261. The lowest BCUT2D eigenvalue weighted by Crippen LogP contribution is -2.10. The molecule has 0 saturated carbocycles. The maximum atomic E-state index is 5.19. The molecule has 0 spiro atoms. The quantitative estimate of drug-likeness (QED) is 0.653. The molecule has 0 atom stereocenters. The molecule has 142 valence electrons. The van der Waals surface area contributed by atoms with Gasteiger partial charge in [0.05, 0.1) is 46.3 Å². The Balaban J connectivity index is 2.03. The number of anilines is 2. The molecule has 0 fully saturated rings. The molecule has 0 aromatic carbocycles. The van der Waals surface area contributed by atoms with Crippen molar-refractivity contribution in [3.8, 4) is 29.5 Å². The summed E-state index contributed by atoms with van der Waals surface area (Å²) in [6.07, 6.45) is 0. The number of aryl methyl sites for hydroxylation is 1. The van der Waals surface area contributed by atoms with E-state index in [2.05, 4.69) is 30.4 Å². The minimum atomic E-state index is 0.261. The molecule has 27 heavy (non-hydrogen) atoms. The Labute approximate surface area is 155 Å². The number of aromatic nitrogens is 6. The van der Waals surface area contributed by atoms with Gasteiger partial charge in [0.25, 0.3) is 5.95 Å². The minimum Gasteiger partial charge on any atom is -0.481 e. The zero-order chi connectivity index (χ0) is 19.4. The fourth-order valence-corrected chi connectivity index (χ4v) is 2.22. The van der Waals surface area contributed by atoms with Crippen LogP contribution in [0, 0.1) is 6.92 Å². The van der Waals surface area contributed by atoms with Gasteiger partial charge in [0.15, 0.2) is 0 Å². The summed E-state index contributed by atoms with van der Waals surface area (Å²) in [4.78, 5) is 17.1. The molecule has 11 nitrogen and oxygen atoms in total. The van der Waals surface area contributed by atoms with Crippen LogP contribution in [-0.4, -0.2) is 58.2 Å². The SMILES string of the molecule is COc1cc(OC)nc(Nc2cc(C)nn2-c2nc(OC)cc(OC)n2)n1. The van der Waals surface area contributed by atoms with E-state index in [4.69, 9.17) is 18.9 Å². The monoisotopic (exact) mass is 373 g/mol. The number of hydrogen-bond donors (Lipinski definition) is 1. The molecule has 3 aromatic heterocycles. The number of nitrogens with one attached hydrogen (secondary N) is 1. The van der Waals surface area contributed by atoms with Gasteiger partial charge in [0, 0.05) is 6.07 Å². The van der Waals surface area contributed by atoms with Gasteiger partial charge in [-0.3, -0.25) is 0 Å². The van der Waals surface area contributed by atoms with Gasteiger partial charge in [-0.1, -0.05) is 0 Å². The van der Waals surface area contributed by atoms with E-state index in [-0.39, 0.29) is 11.9 Å². The normalized spacial score (nSPS) is 10.4. The molecule has 0 saturated heterocycles. The number of hydrogen-bond acceptors (Lipinski definition) is 10. The van der Waals surface area contributed by atoms with E-state index < -0.39 is 0 Å². The lowest BCUT2D eigenvalue weighted by Gasteiger charge is -2.11. The van der Waals surface area contributed by atoms with Crippen molar-refractivity contribution < 1.29 is 18.9 Å². The van der Waals surface area contributed by atoms with Gasteiger partial charge in [0.1, 0.15) is 5.82 Å². The van der Waals surface area contributed by atoms with E-state index in [1.54, 1.807) is 18.2 Å². The second-order valence-corrected chi connectivity index (χ2v) is 5.24. The molecular formula is C16H19N7O4. The summed E-state index contributed by atoms with van der Waals surface area (Å²) in [7, 11) is 6.04. The van der Waals surface area contributed by atoms with E-state index in [9.17, 15) is 0 Å². The molecule has 3 rings (SSSR count). The van der Waals surface area contributed by atoms with Crippen molar-refractivity contribution in [3.63, 3.8) is 0 Å². The summed E-state index contributed by atoms with van der Waals surface area (Å²) in [5.41, 5.74) is 0.734. The van der Waals surface area contributed by atoms with Crippen molar-refractivity contribution in [2.75, 3.05) is 33.8 Å². The predicted molar refractivity (Wildman–Crippen MR) is 95.4 cm³/mol. The van der Waals surface area contributed by atoms with Crippen LogP contribution in [0.1, 0.15) is 5.69 Å². The molecule has 0 aliphatic rings. The molecule has 0 bridgehead atoms. The Morgan fingerprint density at radius 2 is 1.22 bits per heavy atom. The van der Waals surface area contributed by atoms with Crippen LogP contribution < -0.4 is 24.3 Å². The Bertz CT molecular complexity index is 900. The Kier molecular flexibility index (Phi) is 5.20. The maximum absolute atomic E-state index is 5.19. The van der Waals surface area contributed by atoms with Crippen LogP contribution in [0.25, 0.3) is 5.95 Å². The fourth-order valence-electron chi connectivity index (χ4n) is 2.22. The summed E-state index contributed by atoms with van der Waals surface area (Å²) in [5, 5.41) is 7.49. The standard InChI is InChI=1S/C16H19N7O4/c1-9-6-10(17-15-18-11(24-2)7-12(19-15)25-3)23(22-9)16-20-13(26-4)8-14(21-16)27-5/h6-8H,1-5H3,(H,17,18,19). The van der Waals surface area contributed by atoms with Gasteiger partial charge in [0.2, 0.25) is 29.5 Å². The number of methoxy groups -OCH3 is 4. The van der Waals surface area contributed by atoms with Gasteiger partial charge in [-0.05, 0) is 6.92 Å². The van der Waals surface area contributed by atoms with E-state index in [1.165, 1.54) is 33.1 Å². The topological polar surface area (TPSA) is 118 Å². The molecule has 1 N–H and O–H groups in total. The van der Waals surface area contributed by atoms with Crippen LogP contribution in [0.4, 0.5) is 11.8 Å². The average Bonchev–Trinajstić information content (AvgIpc) is 3.07. The molecule has 0 amide bonds. The highest BCUT2D eigenvalue weighted by molar-refractivity contribution is 5.53. The molecule has 0 aliphatic heterocycles. The van der Waals surface area contributed by atoms with Crippen molar-refractivity contribution in [2.24, 2.45) is 0 Å². The third-order valence-electron chi connectivity index (χ3n) is 3.44. The van der Waals surface area contributed by atoms with Crippen molar-refractivity contribution in [1.82, 2.24) is 29.7 Å². The molecule has 0 aliphatic carbocycles. The van der Waals surface area contributed by atoms with Crippen molar-refractivity contribution >= 4 is 11.8 Å². The first kappa shape index (κ1) is 18.2. The van der Waals surface area contributed by atoms with Crippen LogP contribution in [0.5, 0.6) is 23.5 Å². The van der Waals surface area contributed by atoms with Gasteiger partial charge in [-0.15, -0.1) is 0 Å². The van der Waals surface area contributed by atoms with E-state index in [0.29, 0.717) is 29.3 Å². The first-order valence-electron chi connectivity index (χ1n) is 7.84. The fraction of sp³-hybridized carbons (Fsp3) is 0.312. The zero-order valence-electron chi connectivity index (χ0n) is 15.5. The number of ether oxygens (including phenoxy) is 4. The third-order valence-corrected chi connectivity index (χ3v) is 3.44. The summed E-state index contributed by atoms with van der Waals surface area (Å²) in [6.45, 7) is 1.84. The van der Waals surface area contributed by atoms with Gasteiger partial charge in [-0.2, -0.15) is 29.7 Å². The van der Waals surface area contributed by atoms with Crippen molar-refractivity contribution in [2.45, 2.75) is 6.92 Å². The smallest absolute Gasteiger partial charge is 0.259 e. The second kappa shape index (κ2) is 7.72. The van der Waals surface area contributed by atoms with Gasteiger partial charge >= 0.3 is 0 Å². The van der Waals surface area contributed by atoms with E-state index >= 15 is 0 Å². The van der Waals surface area contributed by atoms with Gasteiger partial charge < -0.3 is 24.3 Å². The van der Waals surface area contributed by atoms with Crippen LogP contribution in [0.15, 0.2) is 18.2 Å². The Hall–Kier alpha value is -3.63. The summed E-state index contributed by atoms with van der Waals surface area (Å²) in [6, 6.07) is 4.94. The van der Waals surface area contributed by atoms with E-state index in [1.807, 2.05) is 6.92 Å². The lowest BCUT2D eigenvalue weighted by molar-refractivity contribution is 0.370. The molecule has 0 radical (unpaired) electrons. The number of nitrogens with zero attached hydrogens (tertiary/aromatic N) is 6. The molecule has 3 aromatic rings. The van der Waals surface area contributed by atoms with Crippen LogP contribution in [0.3, 0.4) is 0 Å². The average molecular weight is 373 g/mol. The first-order chi connectivity index (χ1) is 13.1. The van der Waals surface area contributed by atoms with Crippen molar-refractivity contribution in [3.05, 3.63) is 23.9 Å². The van der Waals surface area contributed by atoms with Crippen LogP contribution >= 0.6 is 0 Å². The van der Waals surface area contributed by atoms with Crippen LogP contribution in [-0.2, 0) is 0 Å².